The van der Waals surface area contributed by atoms with Crippen LogP contribution in [-0.4, -0.2) is 70.1 Å². The highest BCUT2D eigenvalue weighted by Crippen LogP contribution is 2.28. The van der Waals surface area contributed by atoms with Gasteiger partial charge in [-0.25, -0.2) is 0 Å². The molecule has 0 bridgehead atoms. The van der Waals surface area contributed by atoms with Crippen LogP contribution in [0, 0.1) is 5.92 Å². The molecular formula is C20H38N2O4. The summed E-state index contributed by atoms with van der Waals surface area (Å²) in [5.41, 5.74) is 0. The number of likely N-dealkylation sites (tertiary alicyclic amines) is 1. The lowest BCUT2D eigenvalue weighted by atomic mass is 9.89. The van der Waals surface area contributed by atoms with Gasteiger partial charge >= 0.3 is 0 Å². The number of carbonyl (C=O) groups excluding carboxylic acids is 1. The molecule has 26 heavy (non-hydrogen) atoms. The van der Waals surface area contributed by atoms with Crippen LogP contribution < -0.4 is 5.32 Å². The van der Waals surface area contributed by atoms with Gasteiger partial charge in [-0.15, -0.1) is 0 Å². The van der Waals surface area contributed by atoms with Gasteiger partial charge in [0.05, 0.1) is 24.9 Å². The van der Waals surface area contributed by atoms with Crippen molar-refractivity contribution in [3.05, 3.63) is 0 Å². The van der Waals surface area contributed by atoms with Crippen LogP contribution >= 0.6 is 0 Å². The van der Waals surface area contributed by atoms with Crippen molar-refractivity contribution in [2.75, 3.05) is 19.7 Å². The molecule has 0 aromatic carbocycles. The highest BCUT2D eigenvalue weighted by molar-refractivity contribution is 5.76. The lowest BCUT2D eigenvalue weighted by molar-refractivity contribution is -0.123. The molecule has 0 radical (unpaired) electrons. The van der Waals surface area contributed by atoms with Crippen LogP contribution in [0.5, 0.6) is 0 Å². The molecule has 6 heteroatoms. The zero-order chi connectivity index (χ0) is 18.9. The second-order valence-corrected chi connectivity index (χ2v) is 8.11. The monoisotopic (exact) mass is 370 g/mol. The molecule has 6 nitrogen and oxygen atoms in total. The first kappa shape index (κ1) is 21.6. The number of aliphatic hydroxyl groups excluding tert-OH is 3. The third-order valence-electron chi connectivity index (χ3n) is 6.15. The Kier molecular flexibility index (Phi) is 9.33. The molecule has 4 N–H and O–H groups in total. The number of nitrogens with zero attached hydrogens (tertiary/aromatic N) is 1. The first-order valence-electron chi connectivity index (χ1n) is 10.6. The maximum Gasteiger partial charge on any atom is 0.221 e. The van der Waals surface area contributed by atoms with Gasteiger partial charge in [-0.05, 0) is 31.7 Å². The first-order valence-corrected chi connectivity index (χ1v) is 10.6. The van der Waals surface area contributed by atoms with E-state index in [2.05, 4.69) is 12.2 Å². The Balaban J connectivity index is 1.86. The topological polar surface area (TPSA) is 93.0 Å². The summed E-state index contributed by atoms with van der Waals surface area (Å²) < 4.78 is 0. The Hall–Kier alpha value is -0.690. The summed E-state index contributed by atoms with van der Waals surface area (Å²) in [7, 11) is 0. The van der Waals surface area contributed by atoms with Gasteiger partial charge < -0.3 is 20.6 Å². The van der Waals surface area contributed by atoms with Gasteiger partial charge in [0.2, 0.25) is 5.91 Å². The van der Waals surface area contributed by atoms with Gasteiger partial charge in [0.15, 0.2) is 0 Å². The Morgan fingerprint density at radius 1 is 1.04 bits per heavy atom. The molecule has 0 aromatic heterocycles. The normalized spacial score (nSPS) is 30.6. The maximum absolute atomic E-state index is 12.4. The number of nitrogens with one attached hydrogen (secondary N) is 1. The summed E-state index contributed by atoms with van der Waals surface area (Å²) in [6.07, 6.45) is 8.67. The zero-order valence-electron chi connectivity index (χ0n) is 16.3. The highest BCUT2D eigenvalue weighted by atomic mass is 16.3. The van der Waals surface area contributed by atoms with E-state index in [4.69, 9.17) is 0 Å². The number of rotatable bonds is 10. The predicted octanol–water partition coefficient (Wildman–Crippen LogP) is 1.42. The summed E-state index contributed by atoms with van der Waals surface area (Å²) in [4.78, 5) is 14.4. The minimum atomic E-state index is -0.998. The lowest BCUT2D eigenvalue weighted by Gasteiger charge is -2.29. The van der Waals surface area contributed by atoms with E-state index in [0.717, 1.165) is 25.7 Å². The standard InChI is InChI=1S/C20H38N2O4/c1-2-3-4-8-11-22-16(19(25)20(26)17(22)14-23)12-18(24)21-13-15-9-6-5-7-10-15/h15-17,19-20,23,25-26H,2-14H2,1H3,(H,21,24). The second kappa shape index (κ2) is 11.2. The summed E-state index contributed by atoms with van der Waals surface area (Å²) in [5.74, 6) is 0.506. The van der Waals surface area contributed by atoms with Gasteiger partial charge in [0.1, 0.15) is 0 Å². The lowest BCUT2D eigenvalue weighted by Crippen LogP contribution is -2.44. The highest BCUT2D eigenvalue weighted by Gasteiger charge is 2.47. The summed E-state index contributed by atoms with van der Waals surface area (Å²) in [6, 6.07) is -0.905. The number of amides is 1. The number of carbonyl (C=O) groups is 1. The number of unbranched alkanes of at least 4 members (excludes halogenated alkanes) is 3. The van der Waals surface area contributed by atoms with Crippen molar-refractivity contribution >= 4 is 5.91 Å². The smallest absolute Gasteiger partial charge is 0.221 e. The van der Waals surface area contributed by atoms with Crippen molar-refractivity contribution in [3.8, 4) is 0 Å². The molecule has 152 valence electrons. The van der Waals surface area contributed by atoms with Crippen LogP contribution in [0.15, 0.2) is 0 Å². The molecule has 1 amide bonds. The summed E-state index contributed by atoms with van der Waals surface area (Å²) in [6.45, 7) is 3.36. The minimum absolute atomic E-state index is 0.0658. The average Bonchev–Trinajstić information content (AvgIpc) is 2.88. The molecule has 0 spiro atoms. The summed E-state index contributed by atoms with van der Waals surface area (Å²) >= 11 is 0. The average molecular weight is 371 g/mol. The molecular weight excluding hydrogens is 332 g/mol. The van der Waals surface area contributed by atoms with E-state index >= 15 is 0 Å². The van der Waals surface area contributed by atoms with E-state index in [0.29, 0.717) is 19.0 Å². The van der Waals surface area contributed by atoms with Gasteiger partial charge in [-0.2, -0.15) is 0 Å². The van der Waals surface area contributed by atoms with Crippen LogP contribution in [0.1, 0.15) is 71.1 Å². The predicted molar refractivity (Wildman–Crippen MR) is 102 cm³/mol. The van der Waals surface area contributed by atoms with Gasteiger partial charge in [-0.3, -0.25) is 9.69 Å². The van der Waals surface area contributed by atoms with Crippen LogP contribution in [0.4, 0.5) is 0 Å². The number of hydrogen-bond acceptors (Lipinski definition) is 5. The van der Waals surface area contributed by atoms with Crippen LogP contribution in [-0.2, 0) is 4.79 Å². The Bertz CT molecular complexity index is 415. The van der Waals surface area contributed by atoms with E-state index in [1.807, 2.05) is 4.90 Å². The van der Waals surface area contributed by atoms with E-state index in [1.165, 1.54) is 32.1 Å². The molecule has 0 aromatic rings. The molecule has 1 aliphatic carbocycles. The Morgan fingerprint density at radius 2 is 1.73 bits per heavy atom. The fourth-order valence-corrected chi connectivity index (χ4v) is 4.51. The third-order valence-corrected chi connectivity index (χ3v) is 6.15. The SMILES string of the molecule is CCCCCCN1C(CO)C(O)C(O)C1CC(=O)NCC1CCCCC1. The molecule has 4 unspecified atom stereocenters. The molecule has 2 rings (SSSR count). The summed E-state index contributed by atoms with van der Waals surface area (Å²) in [5, 5.41) is 33.3. The molecule has 2 aliphatic rings. The van der Waals surface area contributed by atoms with E-state index < -0.39 is 24.3 Å². The van der Waals surface area contributed by atoms with Gasteiger partial charge in [0, 0.05) is 19.0 Å². The van der Waals surface area contributed by atoms with Crippen molar-refractivity contribution in [1.29, 1.82) is 0 Å². The van der Waals surface area contributed by atoms with E-state index in [1.54, 1.807) is 0 Å². The second-order valence-electron chi connectivity index (χ2n) is 8.11. The van der Waals surface area contributed by atoms with Crippen molar-refractivity contribution in [3.63, 3.8) is 0 Å². The molecule has 1 saturated carbocycles. The largest absolute Gasteiger partial charge is 0.395 e. The maximum atomic E-state index is 12.4. The zero-order valence-corrected chi connectivity index (χ0v) is 16.3. The Labute approximate surface area is 158 Å². The number of hydrogen-bond donors (Lipinski definition) is 4. The minimum Gasteiger partial charge on any atom is -0.395 e. The van der Waals surface area contributed by atoms with Crippen LogP contribution in [0.25, 0.3) is 0 Å². The molecule has 1 heterocycles. The fourth-order valence-electron chi connectivity index (χ4n) is 4.51. The van der Waals surface area contributed by atoms with E-state index in [9.17, 15) is 20.1 Å². The Morgan fingerprint density at radius 3 is 2.38 bits per heavy atom. The van der Waals surface area contributed by atoms with Crippen LogP contribution in [0.3, 0.4) is 0 Å². The van der Waals surface area contributed by atoms with Crippen molar-refractivity contribution in [1.82, 2.24) is 10.2 Å². The quantitative estimate of drug-likeness (QED) is 0.437. The number of aliphatic hydroxyl groups is 3. The fraction of sp³-hybridized carbons (Fsp3) is 0.950. The van der Waals surface area contributed by atoms with Gasteiger partial charge in [0.25, 0.3) is 0 Å². The molecule has 4 atom stereocenters. The third kappa shape index (κ3) is 5.91. The van der Waals surface area contributed by atoms with Crippen molar-refractivity contribution in [2.45, 2.75) is 95.4 Å². The molecule has 1 aliphatic heterocycles. The van der Waals surface area contributed by atoms with E-state index in [-0.39, 0.29) is 18.9 Å². The van der Waals surface area contributed by atoms with Crippen LogP contribution in [0.2, 0.25) is 0 Å². The molecule has 1 saturated heterocycles. The van der Waals surface area contributed by atoms with Gasteiger partial charge in [-0.1, -0.05) is 45.4 Å². The van der Waals surface area contributed by atoms with Crippen molar-refractivity contribution < 1.29 is 20.1 Å². The molecule has 2 fully saturated rings. The van der Waals surface area contributed by atoms with Crippen molar-refractivity contribution in [2.24, 2.45) is 5.92 Å². The first-order chi connectivity index (χ1) is 12.6.